The number of allylic oxidation sites excluding steroid dienone is 2. The lowest BCUT2D eigenvalue weighted by atomic mass is 9.72. The predicted molar refractivity (Wildman–Crippen MR) is 66.0 cm³/mol. The molecule has 2 heteroatoms. The fraction of sp³-hybridized carbons (Fsp3) is 0.643. The van der Waals surface area contributed by atoms with E-state index in [4.69, 9.17) is 4.74 Å². The molecule has 2 rings (SSSR count). The standard InChI is InChI=1S/C14H20O2.H2/c1-9-8-13(14(15)16-3)12-7-5-4-6-11(12)10(9)2;/h8-10H,4-7H2,1-3H3;1H. The van der Waals surface area contributed by atoms with Gasteiger partial charge in [-0.05, 0) is 43.1 Å². The van der Waals surface area contributed by atoms with Crippen LogP contribution < -0.4 is 0 Å². The summed E-state index contributed by atoms with van der Waals surface area (Å²) in [6, 6.07) is 0. The molecule has 0 aliphatic heterocycles. The van der Waals surface area contributed by atoms with Crippen LogP contribution >= 0.6 is 0 Å². The normalized spacial score (nSPS) is 29.6. The smallest absolute Gasteiger partial charge is 0.337 e. The number of methoxy groups -OCH3 is 1. The molecule has 2 aliphatic carbocycles. The van der Waals surface area contributed by atoms with E-state index < -0.39 is 0 Å². The number of hydrogen-bond donors (Lipinski definition) is 0. The Morgan fingerprint density at radius 3 is 2.75 bits per heavy atom. The molecule has 0 fully saturated rings. The second-order valence-corrected chi connectivity index (χ2v) is 4.93. The molecule has 0 aromatic carbocycles. The Labute approximate surface area is 98.9 Å². The molecular formula is C14H22O2. The molecule has 2 atom stereocenters. The topological polar surface area (TPSA) is 26.3 Å². The fourth-order valence-electron chi connectivity index (χ4n) is 2.87. The van der Waals surface area contributed by atoms with Crippen LogP contribution in [0.25, 0.3) is 0 Å². The second-order valence-electron chi connectivity index (χ2n) is 4.93. The van der Waals surface area contributed by atoms with Crippen LogP contribution in [0.1, 0.15) is 41.0 Å². The first kappa shape index (κ1) is 11.4. The number of esters is 1. The number of rotatable bonds is 1. The zero-order chi connectivity index (χ0) is 11.7. The molecule has 90 valence electrons. The van der Waals surface area contributed by atoms with Gasteiger partial charge in [0.1, 0.15) is 0 Å². The molecular weight excluding hydrogens is 200 g/mol. The van der Waals surface area contributed by atoms with E-state index in [9.17, 15) is 4.79 Å². The van der Waals surface area contributed by atoms with Gasteiger partial charge < -0.3 is 4.74 Å². The van der Waals surface area contributed by atoms with Crippen molar-refractivity contribution in [3.63, 3.8) is 0 Å². The average molecular weight is 222 g/mol. The zero-order valence-corrected chi connectivity index (χ0v) is 10.4. The molecule has 0 bridgehead atoms. The molecule has 2 unspecified atom stereocenters. The van der Waals surface area contributed by atoms with Gasteiger partial charge in [0, 0.05) is 1.43 Å². The van der Waals surface area contributed by atoms with Crippen molar-refractivity contribution in [1.82, 2.24) is 0 Å². The van der Waals surface area contributed by atoms with E-state index in [-0.39, 0.29) is 7.40 Å². The minimum Gasteiger partial charge on any atom is -0.465 e. The highest BCUT2D eigenvalue weighted by Gasteiger charge is 2.30. The Kier molecular flexibility index (Phi) is 3.17. The maximum atomic E-state index is 11.7. The SMILES string of the molecule is COC(=O)C1=CC(C)C(C)C2=C1CCCC2.[HH]. The van der Waals surface area contributed by atoms with E-state index in [0.29, 0.717) is 11.8 Å². The Balaban J connectivity index is 0.00000144. The lowest BCUT2D eigenvalue weighted by Gasteiger charge is -2.33. The highest BCUT2D eigenvalue weighted by Crippen LogP contribution is 2.41. The van der Waals surface area contributed by atoms with Crippen LogP contribution in [0.3, 0.4) is 0 Å². The molecule has 0 saturated carbocycles. The average Bonchev–Trinajstić information content (AvgIpc) is 2.33. The second kappa shape index (κ2) is 4.44. The van der Waals surface area contributed by atoms with Crippen molar-refractivity contribution in [2.24, 2.45) is 11.8 Å². The largest absolute Gasteiger partial charge is 0.465 e. The van der Waals surface area contributed by atoms with Gasteiger partial charge in [0.25, 0.3) is 0 Å². The first-order valence-corrected chi connectivity index (χ1v) is 6.17. The summed E-state index contributed by atoms with van der Waals surface area (Å²) in [4.78, 5) is 11.7. The Morgan fingerprint density at radius 2 is 2.06 bits per heavy atom. The van der Waals surface area contributed by atoms with Crippen molar-refractivity contribution in [2.45, 2.75) is 39.5 Å². The van der Waals surface area contributed by atoms with E-state index in [1.807, 2.05) is 0 Å². The van der Waals surface area contributed by atoms with Crippen LogP contribution in [-0.4, -0.2) is 13.1 Å². The Hall–Kier alpha value is -1.05. The minimum atomic E-state index is -0.159. The van der Waals surface area contributed by atoms with Crippen LogP contribution in [0, 0.1) is 11.8 Å². The molecule has 0 radical (unpaired) electrons. The summed E-state index contributed by atoms with van der Waals surface area (Å²) in [7, 11) is 1.47. The van der Waals surface area contributed by atoms with Gasteiger partial charge in [-0.15, -0.1) is 0 Å². The van der Waals surface area contributed by atoms with Gasteiger partial charge in [0.15, 0.2) is 0 Å². The third kappa shape index (κ3) is 1.81. The summed E-state index contributed by atoms with van der Waals surface area (Å²) in [6.07, 6.45) is 6.78. The number of ether oxygens (including phenoxy) is 1. The van der Waals surface area contributed by atoms with Gasteiger partial charge in [-0.2, -0.15) is 0 Å². The molecule has 0 saturated heterocycles. The third-order valence-electron chi connectivity index (χ3n) is 4.01. The van der Waals surface area contributed by atoms with Crippen molar-refractivity contribution in [2.75, 3.05) is 7.11 Å². The quantitative estimate of drug-likeness (QED) is 0.635. The minimum absolute atomic E-state index is 0. The lowest BCUT2D eigenvalue weighted by Crippen LogP contribution is -2.23. The van der Waals surface area contributed by atoms with E-state index in [1.54, 1.807) is 0 Å². The molecule has 0 heterocycles. The van der Waals surface area contributed by atoms with Gasteiger partial charge in [-0.3, -0.25) is 0 Å². The van der Waals surface area contributed by atoms with E-state index >= 15 is 0 Å². The Bertz CT molecular complexity index is 368. The van der Waals surface area contributed by atoms with E-state index in [0.717, 1.165) is 18.4 Å². The van der Waals surface area contributed by atoms with Crippen molar-refractivity contribution < 1.29 is 11.0 Å². The van der Waals surface area contributed by atoms with Crippen molar-refractivity contribution >= 4 is 5.97 Å². The Morgan fingerprint density at radius 1 is 1.38 bits per heavy atom. The molecule has 2 aliphatic rings. The highest BCUT2D eigenvalue weighted by atomic mass is 16.5. The first-order valence-electron chi connectivity index (χ1n) is 6.17. The van der Waals surface area contributed by atoms with Crippen molar-refractivity contribution in [3.8, 4) is 0 Å². The van der Waals surface area contributed by atoms with E-state index in [1.165, 1.54) is 31.1 Å². The lowest BCUT2D eigenvalue weighted by molar-refractivity contribution is -0.135. The van der Waals surface area contributed by atoms with Crippen LogP contribution in [0.4, 0.5) is 0 Å². The molecule has 0 amide bonds. The summed E-state index contributed by atoms with van der Waals surface area (Å²) < 4.78 is 4.88. The predicted octanol–water partition coefficient (Wildman–Crippen LogP) is 3.49. The monoisotopic (exact) mass is 222 g/mol. The van der Waals surface area contributed by atoms with Crippen LogP contribution in [0.5, 0.6) is 0 Å². The van der Waals surface area contributed by atoms with Crippen molar-refractivity contribution in [3.05, 3.63) is 22.8 Å². The van der Waals surface area contributed by atoms with Gasteiger partial charge in [0.2, 0.25) is 0 Å². The maximum absolute atomic E-state index is 11.7. The summed E-state index contributed by atoms with van der Waals surface area (Å²) in [6.45, 7) is 4.46. The number of carbonyl (C=O) groups excluding carboxylic acids is 1. The van der Waals surface area contributed by atoms with Gasteiger partial charge >= 0.3 is 5.97 Å². The summed E-state index contributed by atoms with van der Waals surface area (Å²) >= 11 is 0. The highest BCUT2D eigenvalue weighted by molar-refractivity contribution is 5.94. The zero-order valence-electron chi connectivity index (χ0n) is 10.4. The van der Waals surface area contributed by atoms with Gasteiger partial charge in [-0.25, -0.2) is 4.79 Å². The molecule has 0 aromatic heterocycles. The van der Waals surface area contributed by atoms with Crippen LogP contribution in [0.2, 0.25) is 0 Å². The van der Waals surface area contributed by atoms with Crippen LogP contribution in [-0.2, 0) is 9.53 Å². The number of carbonyl (C=O) groups is 1. The molecule has 2 nitrogen and oxygen atoms in total. The molecule has 0 spiro atoms. The summed E-state index contributed by atoms with van der Waals surface area (Å²) in [5, 5.41) is 0. The molecule has 0 aromatic rings. The molecule has 16 heavy (non-hydrogen) atoms. The summed E-state index contributed by atoms with van der Waals surface area (Å²) in [5.41, 5.74) is 3.62. The van der Waals surface area contributed by atoms with Crippen LogP contribution in [0.15, 0.2) is 22.8 Å². The van der Waals surface area contributed by atoms with Gasteiger partial charge in [0.05, 0.1) is 12.7 Å². The molecule has 0 N–H and O–H groups in total. The number of hydrogen-bond acceptors (Lipinski definition) is 2. The maximum Gasteiger partial charge on any atom is 0.337 e. The first-order chi connectivity index (χ1) is 7.65. The fourth-order valence-corrected chi connectivity index (χ4v) is 2.87. The van der Waals surface area contributed by atoms with E-state index in [2.05, 4.69) is 19.9 Å². The van der Waals surface area contributed by atoms with Crippen molar-refractivity contribution in [1.29, 1.82) is 0 Å². The third-order valence-corrected chi connectivity index (χ3v) is 4.01. The summed E-state index contributed by atoms with van der Waals surface area (Å²) in [5.74, 6) is 0.878. The van der Waals surface area contributed by atoms with Gasteiger partial charge in [-0.1, -0.05) is 25.5 Å².